The molecule has 3 N–H and O–H groups in total. The molecule has 0 heterocycles. The Morgan fingerprint density at radius 1 is 0.667 bits per heavy atom. The summed E-state index contributed by atoms with van der Waals surface area (Å²) in [6, 6.07) is 13.6. The number of hydrogen-bond acceptors (Lipinski definition) is 3. The van der Waals surface area contributed by atoms with Crippen LogP contribution in [0.1, 0.15) is 11.1 Å². The van der Waals surface area contributed by atoms with E-state index in [1.165, 1.54) is 0 Å². The molecule has 3 aromatic carbocycles. The lowest BCUT2D eigenvalue weighted by Gasteiger charge is -2.16. The maximum absolute atomic E-state index is 10.3. The lowest BCUT2D eigenvalue weighted by atomic mass is 9.92. The van der Waals surface area contributed by atoms with Gasteiger partial charge in [-0.25, -0.2) is 0 Å². The Hall–Kier alpha value is -2.68. The van der Waals surface area contributed by atoms with E-state index in [0.29, 0.717) is 11.1 Å². The predicted molar refractivity (Wildman–Crippen MR) is 83.9 cm³/mol. The Kier molecular flexibility index (Phi) is 2.98. The fourth-order valence-corrected chi connectivity index (χ4v) is 2.76. The number of phenols is 3. The molecule has 0 bridgehead atoms. The molecule has 0 spiro atoms. The second kappa shape index (κ2) is 4.70. The fraction of sp³-hybridized carbons (Fsp3) is 0.111. The van der Waals surface area contributed by atoms with Gasteiger partial charge < -0.3 is 15.3 Å². The van der Waals surface area contributed by atoms with E-state index in [1.807, 2.05) is 42.5 Å². The van der Waals surface area contributed by atoms with Crippen molar-refractivity contribution in [2.75, 3.05) is 0 Å². The smallest absolute Gasteiger partial charge is 0.166 e. The molecule has 0 saturated heterocycles. The average molecular weight is 280 g/mol. The number of hydrogen-bond donors (Lipinski definition) is 3. The number of rotatable bonds is 1. The first-order valence-corrected chi connectivity index (χ1v) is 6.74. The van der Waals surface area contributed by atoms with Crippen molar-refractivity contribution in [1.29, 1.82) is 0 Å². The highest BCUT2D eigenvalue weighted by molar-refractivity contribution is 5.99. The van der Waals surface area contributed by atoms with E-state index in [0.717, 1.165) is 16.3 Å². The zero-order chi connectivity index (χ0) is 15.1. The average Bonchev–Trinajstić information content (AvgIpc) is 2.51. The van der Waals surface area contributed by atoms with E-state index >= 15 is 0 Å². The summed E-state index contributed by atoms with van der Waals surface area (Å²) in [6.07, 6.45) is 0. The number of fused-ring (bicyclic) bond motifs is 1. The van der Waals surface area contributed by atoms with Gasteiger partial charge in [-0.05, 0) is 30.2 Å². The molecule has 0 saturated carbocycles. The standard InChI is InChI=1S/C18H16O3/c1-10-15(18(21)17(20)11(2)16(10)19)14-9-5-7-12-6-3-4-8-13(12)14/h3-9,19-21H,1-2H3. The van der Waals surface area contributed by atoms with Gasteiger partial charge in [-0.2, -0.15) is 0 Å². The highest BCUT2D eigenvalue weighted by Gasteiger charge is 2.20. The van der Waals surface area contributed by atoms with Crippen molar-refractivity contribution in [3.63, 3.8) is 0 Å². The molecule has 0 aliphatic rings. The minimum absolute atomic E-state index is 0.00762. The normalized spacial score (nSPS) is 11.0. The predicted octanol–water partition coefficient (Wildman–Crippen LogP) is 4.24. The van der Waals surface area contributed by atoms with Gasteiger partial charge in [0.05, 0.1) is 0 Å². The molecule has 0 aliphatic heterocycles. The molecule has 3 nitrogen and oxygen atoms in total. The van der Waals surface area contributed by atoms with Crippen molar-refractivity contribution in [3.8, 4) is 28.4 Å². The summed E-state index contributed by atoms with van der Waals surface area (Å²) in [5, 5.41) is 32.5. The molecule has 21 heavy (non-hydrogen) atoms. The first-order chi connectivity index (χ1) is 10.0. The minimum Gasteiger partial charge on any atom is -0.507 e. The maximum Gasteiger partial charge on any atom is 0.166 e. The van der Waals surface area contributed by atoms with E-state index in [2.05, 4.69) is 0 Å². The van der Waals surface area contributed by atoms with Crippen LogP contribution < -0.4 is 0 Å². The molecule has 0 aliphatic carbocycles. The van der Waals surface area contributed by atoms with Crippen molar-refractivity contribution in [3.05, 3.63) is 53.6 Å². The van der Waals surface area contributed by atoms with Gasteiger partial charge in [0.2, 0.25) is 0 Å². The van der Waals surface area contributed by atoms with Crippen LogP contribution in [0.3, 0.4) is 0 Å². The second-order valence-corrected chi connectivity index (χ2v) is 5.20. The van der Waals surface area contributed by atoms with Crippen LogP contribution in [0, 0.1) is 13.8 Å². The van der Waals surface area contributed by atoms with Crippen molar-refractivity contribution < 1.29 is 15.3 Å². The lowest BCUT2D eigenvalue weighted by molar-refractivity contribution is 0.392. The summed E-state index contributed by atoms with van der Waals surface area (Å²) >= 11 is 0. The Morgan fingerprint density at radius 3 is 2.10 bits per heavy atom. The number of phenolic OH excluding ortho intramolecular Hbond substituents is 3. The third-order valence-electron chi connectivity index (χ3n) is 3.96. The van der Waals surface area contributed by atoms with Crippen LogP contribution in [0.15, 0.2) is 42.5 Å². The van der Waals surface area contributed by atoms with Crippen molar-refractivity contribution in [2.24, 2.45) is 0 Å². The quantitative estimate of drug-likeness (QED) is 0.461. The Balaban J connectivity index is 2.44. The molecule has 0 atom stereocenters. The molecule has 0 amide bonds. The summed E-state index contributed by atoms with van der Waals surface area (Å²) in [7, 11) is 0. The van der Waals surface area contributed by atoms with Gasteiger partial charge in [0.15, 0.2) is 11.5 Å². The van der Waals surface area contributed by atoms with Crippen LogP contribution in [0.2, 0.25) is 0 Å². The zero-order valence-corrected chi connectivity index (χ0v) is 11.9. The van der Waals surface area contributed by atoms with Crippen LogP contribution in [-0.2, 0) is 0 Å². The summed E-state index contributed by atoms with van der Waals surface area (Å²) in [5.74, 6) is -0.464. The molecule has 0 fully saturated rings. The maximum atomic E-state index is 10.3. The SMILES string of the molecule is Cc1c(O)c(C)c(-c2cccc3ccccc23)c(O)c1O. The third kappa shape index (κ3) is 1.89. The Labute approximate surface area is 122 Å². The van der Waals surface area contributed by atoms with E-state index < -0.39 is 0 Å². The first kappa shape index (κ1) is 13.3. The van der Waals surface area contributed by atoms with Gasteiger partial charge in [0.25, 0.3) is 0 Å². The van der Waals surface area contributed by atoms with Crippen molar-refractivity contribution >= 4 is 10.8 Å². The summed E-state index contributed by atoms with van der Waals surface area (Å²) < 4.78 is 0. The lowest BCUT2D eigenvalue weighted by Crippen LogP contribution is -1.91. The Bertz CT molecular complexity index is 816. The minimum atomic E-state index is -0.277. The first-order valence-electron chi connectivity index (χ1n) is 6.74. The van der Waals surface area contributed by atoms with Crippen LogP contribution in [0.5, 0.6) is 17.2 Å². The van der Waals surface area contributed by atoms with Crippen LogP contribution in [0.25, 0.3) is 21.9 Å². The molecular weight excluding hydrogens is 264 g/mol. The van der Waals surface area contributed by atoms with Gasteiger partial charge in [0.1, 0.15) is 5.75 Å². The monoisotopic (exact) mass is 280 g/mol. The molecule has 0 aromatic heterocycles. The van der Waals surface area contributed by atoms with E-state index in [4.69, 9.17) is 0 Å². The van der Waals surface area contributed by atoms with Gasteiger partial charge in [-0.1, -0.05) is 42.5 Å². The molecule has 0 unspecified atom stereocenters. The topological polar surface area (TPSA) is 60.7 Å². The number of benzene rings is 3. The Morgan fingerprint density at radius 2 is 1.33 bits per heavy atom. The van der Waals surface area contributed by atoms with Crippen molar-refractivity contribution in [1.82, 2.24) is 0 Å². The summed E-state index contributed by atoms with van der Waals surface area (Å²) in [4.78, 5) is 0. The fourth-order valence-electron chi connectivity index (χ4n) is 2.76. The van der Waals surface area contributed by atoms with Crippen LogP contribution >= 0.6 is 0 Å². The second-order valence-electron chi connectivity index (χ2n) is 5.20. The van der Waals surface area contributed by atoms with E-state index in [9.17, 15) is 15.3 Å². The zero-order valence-electron chi connectivity index (χ0n) is 11.9. The van der Waals surface area contributed by atoms with Gasteiger partial charge in [-0.3, -0.25) is 0 Å². The van der Waals surface area contributed by atoms with Gasteiger partial charge in [0, 0.05) is 16.7 Å². The summed E-state index contributed by atoms with van der Waals surface area (Å²) in [5.41, 5.74) is 2.09. The third-order valence-corrected chi connectivity index (χ3v) is 3.96. The largest absolute Gasteiger partial charge is 0.507 e. The van der Waals surface area contributed by atoms with Gasteiger partial charge >= 0.3 is 0 Å². The van der Waals surface area contributed by atoms with E-state index in [-0.39, 0.29) is 22.8 Å². The molecule has 3 rings (SSSR count). The summed E-state index contributed by atoms with van der Waals surface area (Å²) in [6.45, 7) is 3.31. The van der Waals surface area contributed by atoms with Crippen molar-refractivity contribution in [2.45, 2.75) is 13.8 Å². The molecule has 3 aromatic rings. The van der Waals surface area contributed by atoms with E-state index in [1.54, 1.807) is 13.8 Å². The highest BCUT2D eigenvalue weighted by atomic mass is 16.3. The molecular formula is C18H16O3. The van der Waals surface area contributed by atoms with Gasteiger partial charge in [-0.15, -0.1) is 0 Å². The molecule has 3 heteroatoms. The van der Waals surface area contributed by atoms with Crippen LogP contribution in [-0.4, -0.2) is 15.3 Å². The highest BCUT2D eigenvalue weighted by Crippen LogP contribution is 2.47. The molecule has 0 radical (unpaired) electrons. The molecule has 106 valence electrons. The van der Waals surface area contributed by atoms with Crippen LogP contribution in [0.4, 0.5) is 0 Å². The number of aromatic hydroxyl groups is 3.